The molecule has 0 radical (unpaired) electrons. The first-order valence-corrected chi connectivity index (χ1v) is 4.10. The molecule has 0 spiro atoms. The van der Waals surface area contributed by atoms with E-state index in [-0.39, 0.29) is 0 Å². The molecule has 0 aromatic rings. The molecule has 0 aliphatic carbocycles. The third-order valence-corrected chi connectivity index (χ3v) is 2.50. The first-order chi connectivity index (χ1) is 4.45. The van der Waals surface area contributed by atoms with Crippen LogP contribution in [0.1, 0.15) is 38.5 Å². The molecule has 2 heterocycles. The molecule has 1 heteroatoms. The van der Waals surface area contributed by atoms with Gasteiger partial charge >= 0.3 is 0 Å². The lowest BCUT2D eigenvalue weighted by Gasteiger charge is -2.05. The largest absolute Gasteiger partial charge is 0.375 e. The van der Waals surface area contributed by atoms with Crippen LogP contribution in [0.5, 0.6) is 0 Å². The second-order valence-electron chi connectivity index (χ2n) is 3.24. The Morgan fingerprint density at radius 2 is 1.33 bits per heavy atom. The first kappa shape index (κ1) is 5.72. The van der Waals surface area contributed by atoms with Gasteiger partial charge in [-0.05, 0) is 25.7 Å². The average molecular weight is 126 g/mol. The van der Waals surface area contributed by atoms with Crippen LogP contribution in [0.4, 0.5) is 0 Å². The summed E-state index contributed by atoms with van der Waals surface area (Å²) < 4.78 is 5.72. The van der Waals surface area contributed by atoms with Gasteiger partial charge in [-0.3, -0.25) is 0 Å². The van der Waals surface area contributed by atoms with Crippen molar-refractivity contribution in [2.24, 2.45) is 0 Å². The molecular formula is C8H14O. The highest BCUT2D eigenvalue weighted by Gasteiger charge is 2.26. The molecule has 0 saturated carbocycles. The van der Waals surface area contributed by atoms with E-state index in [0.29, 0.717) is 12.2 Å². The van der Waals surface area contributed by atoms with Crippen molar-refractivity contribution in [1.82, 2.24) is 0 Å². The Hall–Kier alpha value is -0.0400. The third-order valence-electron chi connectivity index (χ3n) is 2.50. The van der Waals surface area contributed by atoms with E-state index in [1.807, 2.05) is 0 Å². The van der Waals surface area contributed by atoms with Crippen LogP contribution in [0.15, 0.2) is 0 Å². The lowest BCUT2D eigenvalue weighted by molar-refractivity contribution is 0.0499. The molecule has 2 aliphatic heterocycles. The lowest BCUT2D eigenvalue weighted by atomic mass is 10.0. The maximum Gasteiger partial charge on any atom is 0.0579 e. The normalized spacial score (nSPS) is 42.7. The van der Waals surface area contributed by atoms with Gasteiger partial charge in [0.05, 0.1) is 12.2 Å². The monoisotopic (exact) mass is 126 g/mol. The molecule has 1 nitrogen and oxygen atoms in total. The molecule has 9 heavy (non-hydrogen) atoms. The molecule has 2 fully saturated rings. The van der Waals surface area contributed by atoms with Crippen LogP contribution in [0.2, 0.25) is 0 Å². The predicted molar refractivity (Wildman–Crippen MR) is 36.4 cm³/mol. The van der Waals surface area contributed by atoms with E-state index in [2.05, 4.69) is 0 Å². The van der Waals surface area contributed by atoms with Gasteiger partial charge in [0.2, 0.25) is 0 Å². The minimum Gasteiger partial charge on any atom is -0.375 e. The van der Waals surface area contributed by atoms with Gasteiger partial charge in [0.1, 0.15) is 0 Å². The van der Waals surface area contributed by atoms with E-state index in [4.69, 9.17) is 4.74 Å². The fraction of sp³-hybridized carbons (Fsp3) is 1.00. The van der Waals surface area contributed by atoms with Gasteiger partial charge in [0.15, 0.2) is 0 Å². The smallest absolute Gasteiger partial charge is 0.0579 e. The maximum absolute atomic E-state index is 5.72. The van der Waals surface area contributed by atoms with Gasteiger partial charge in [-0.2, -0.15) is 0 Å². The number of ether oxygens (including phenoxy) is 1. The van der Waals surface area contributed by atoms with Crippen molar-refractivity contribution in [1.29, 1.82) is 0 Å². The zero-order chi connectivity index (χ0) is 6.10. The summed E-state index contributed by atoms with van der Waals surface area (Å²) in [6.45, 7) is 0. The van der Waals surface area contributed by atoms with E-state index >= 15 is 0 Å². The van der Waals surface area contributed by atoms with Crippen LogP contribution < -0.4 is 0 Å². The number of rotatable bonds is 0. The highest BCUT2D eigenvalue weighted by molar-refractivity contribution is 4.76. The SMILES string of the molecule is C1CC[C@H]2CC[C@@H](C1)O2. The highest BCUT2D eigenvalue weighted by atomic mass is 16.5. The van der Waals surface area contributed by atoms with Crippen molar-refractivity contribution in [3.05, 3.63) is 0 Å². The minimum atomic E-state index is 0.650. The molecule has 0 aromatic heterocycles. The quantitative estimate of drug-likeness (QED) is 0.483. The summed E-state index contributed by atoms with van der Waals surface area (Å²) in [6.07, 6.45) is 9.44. The Kier molecular flexibility index (Phi) is 1.46. The van der Waals surface area contributed by atoms with Crippen LogP contribution in [0.3, 0.4) is 0 Å². The Morgan fingerprint density at radius 1 is 0.778 bits per heavy atom. The Morgan fingerprint density at radius 3 is 1.89 bits per heavy atom. The van der Waals surface area contributed by atoms with Gasteiger partial charge in [-0.15, -0.1) is 0 Å². The number of fused-ring (bicyclic) bond motifs is 2. The molecule has 2 atom stereocenters. The molecule has 0 N–H and O–H groups in total. The standard InChI is InChI=1S/C8H14O/c1-2-4-8-6-5-7(3-1)9-8/h7-8H,1-6H2/t7-,8+. The molecule has 0 aromatic carbocycles. The van der Waals surface area contributed by atoms with Crippen LogP contribution in [0, 0.1) is 0 Å². The van der Waals surface area contributed by atoms with Crippen LogP contribution in [0.25, 0.3) is 0 Å². The van der Waals surface area contributed by atoms with Crippen LogP contribution >= 0.6 is 0 Å². The fourth-order valence-electron chi connectivity index (χ4n) is 1.95. The predicted octanol–water partition coefficient (Wildman–Crippen LogP) is 2.11. The molecule has 0 amide bonds. The Bertz CT molecular complexity index is 88.7. The average Bonchev–Trinajstić information content (AvgIpc) is 2.09. The second kappa shape index (κ2) is 2.30. The Balaban J connectivity index is 1.99. The van der Waals surface area contributed by atoms with E-state index in [1.165, 1.54) is 38.5 Å². The highest BCUT2D eigenvalue weighted by Crippen LogP contribution is 2.30. The zero-order valence-corrected chi connectivity index (χ0v) is 5.81. The van der Waals surface area contributed by atoms with Crippen molar-refractivity contribution in [3.8, 4) is 0 Å². The molecular weight excluding hydrogens is 112 g/mol. The van der Waals surface area contributed by atoms with Gasteiger partial charge in [0.25, 0.3) is 0 Å². The molecule has 0 unspecified atom stereocenters. The van der Waals surface area contributed by atoms with Crippen LogP contribution in [-0.2, 0) is 4.74 Å². The molecule has 2 aliphatic rings. The van der Waals surface area contributed by atoms with Gasteiger partial charge < -0.3 is 4.74 Å². The van der Waals surface area contributed by atoms with E-state index in [1.54, 1.807) is 0 Å². The second-order valence-corrected chi connectivity index (χ2v) is 3.24. The Labute approximate surface area is 56.4 Å². The number of hydrogen-bond acceptors (Lipinski definition) is 1. The summed E-state index contributed by atoms with van der Waals surface area (Å²) in [5.74, 6) is 0. The summed E-state index contributed by atoms with van der Waals surface area (Å²) >= 11 is 0. The van der Waals surface area contributed by atoms with Crippen molar-refractivity contribution in [2.75, 3.05) is 0 Å². The molecule has 2 bridgehead atoms. The lowest BCUT2D eigenvalue weighted by Crippen LogP contribution is -2.05. The fourth-order valence-corrected chi connectivity index (χ4v) is 1.95. The van der Waals surface area contributed by atoms with Gasteiger partial charge in [-0.1, -0.05) is 12.8 Å². The summed E-state index contributed by atoms with van der Waals surface area (Å²) in [5, 5.41) is 0. The summed E-state index contributed by atoms with van der Waals surface area (Å²) in [5.41, 5.74) is 0. The molecule has 2 saturated heterocycles. The van der Waals surface area contributed by atoms with Gasteiger partial charge in [0, 0.05) is 0 Å². The van der Waals surface area contributed by atoms with Crippen molar-refractivity contribution < 1.29 is 4.74 Å². The summed E-state index contributed by atoms with van der Waals surface area (Å²) in [6, 6.07) is 0. The summed E-state index contributed by atoms with van der Waals surface area (Å²) in [4.78, 5) is 0. The molecule has 2 rings (SSSR count). The third kappa shape index (κ3) is 1.11. The minimum absolute atomic E-state index is 0.650. The first-order valence-electron chi connectivity index (χ1n) is 4.10. The van der Waals surface area contributed by atoms with E-state index in [9.17, 15) is 0 Å². The zero-order valence-electron chi connectivity index (χ0n) is 5.81. The van der Waals surface area contributed by atoms with Crippen molar-refractivity contribution in [3.63, 3.8) is 0 Å². The number of hydrogen-bond donors (Lipinski definition) is 0. The van der Waals surface area contributed by atoms with Gasteiger partial charge in [-0.25, -0.2) is 0 Å². The van der Waals surface area contributed by atoms with Crippen LogP contribution in [-0.4, -0.2) is 12.2 Å². The van der Waals surface area contributed by atoms with Crippen molar-refractivity contribution >= 4 is 0 Å². The topological polar surface area (TPSA) is 9.23 Å². The maximum atomic E-state index is 5.72. The molecule has 52 valence electrons. The van der Waals surface area contributed by atoms with Crippen molar-refractivity contribution in [2.45, 2.75) is 50.7 Å². The summed E-state index contributed by atoms with van der Waals surface area (Å²) in [7, 11) is 0. The van der Waals surface area contributed by atoms with E-state index < -0.39 is 0 Å². The van der Waals surface area contributed by atoms with E-state index in [0.717, 1.165) is 0 Å².